The molecule has 0 bridgehead atoms. The number of primary amides is 1. The molecule has 2 amide bonds. The van der Waals surface area contributed by atoms with E-state index in [2.05, 4.69) is 5.32 Å². The van der Waals surface area contributed by atoms with Crippen molar-refractivity contribution in [2.24, 2.45) is 5.73 Å². The number of hydrogen-bond donors (Lipinski definition) is 2. The first kappa shape index (κ1) is 22.9. The lowest BCUT2D eigenvalue weighted by Gasteiger charge is -2.38. The van der Waals surface area contributed by atoms with E-state index >= 15 is 0 Å². The Kier molecular flexibility index (Phi) is 7.73. The summed E-state index contributed by atoms with van der Waals surface area (Å²) in [4.78, 5) is 28.8. The van der Waals surface area contributed by atoms with Crippen LogP contribution in [0.1, 0.15) is 11.6 Å². The molecule has 8 nitrogen and oxygen atoms in total. The third kappa shape index (κ3) is 5.88. The Labute approximate surface area is 186 Å². The summed E-state index contributed by atoms with van der Waals surface area (Å²) >= 11 is 5.95. The summed E-state index contributed by atoms with van der Waals surface area (Å²) in [6, 6.07) is 11.9. The molecular formula is C22H27ClN4O4. The average Bonchev–Trinajstić information content (AvgIpc) is 2.76. The highest BCUT2D eigenvalue weighted by atomic mass is 35.5. The Hall–Kier alpha value is -2.81. The zero-order valence-corrected chi connectivity index (χ0v) is 18.4. The Morgan fingerprint density at radius 1 is 1.06 bits per heavy atom. The number of anilines is 1. The number of methoxy groups -OCH3 is 2. The predicted molar refractivity (Wildman–Crippen MR) is 120 cm³/mol. The van der Waals surface area contributed by atoms with Gasteiger partial charge in [0, 0.05) is 37.3 Å². The Morgan fingerprint density at radius 3 is 2.32 bits per heavy atom. The largest absolute Gasteiger partial charge is 0.497 e. The van der Waals surface area contributed by atoms with E-state index in [0.29, 0.717) is 48.4 Å². The third-order valence-corrected chi connectivity index (χ3v) is 5.53. The molecule has 9 heteroatoms. The van der Waals surface area contributed by atoms with Gasteiger partial charge >= 0.3 is 0 Å². The van der Waals surface area contributed by atoms with Gasteiger partial charge in [-0.1, -0.05) is 23.7 Å². The molecule has 1 fully saturated rings. The second-order valence-corrected chi connectivity index (χ2v) is 7.72. The molecule has 1 saturated heterocycles. The fraction of sp³-hybridized carbons (Fsp3) is 0.364. The van der Waals surface area contributed by atoms with Crippen molar-refractivity contribution in [1.29, 1.82) is 0 Å². The van der Waals surface area contributed by atoms with Crippen molar-refractivity contribution in [3.05, 3.63) is 53.1 Å². The molecule has 0 radical (unpaired) electrons. The van der Waals surface area contributed by atoms with Gasteiger partial charge in [-0.05, 0) is 29.8 Å². The summed E-state index contributed by atoms with van der Waals surface area (Å²) in [5.41, 5.74) is 7.05. The standard InChI is InChI=1S/C22H27ClN4O4/c1-30-17-7-8-19(31-2)18(13-17)25-20(28)14-26-9-11-27(12-10-26)21(22(24)29)15-3-5-16(23)6-4-15/h3-8,13,21H,9-12,14H2,1-2H3,(H2,24,29)(H,25,28)/t21-/m1/s1. The van der Waals surface area contributed by atoms with Crippen LogP contribution >= 0.6 is 11.6 Å². The van der Waals surface area contributed by atoms with Crippen molar-refractivity contribution in [3.8, 4) is 11.5 Å². The number of nitrogens with two attached hydrogens (primary N) is 1. The van der Waals surface area contributed by atoms with Gasteiger partial charge in [0.1, 0.15) is 17.5 Å². The molecule has 1 heterocycles. The highest BCUT2D eigenvalue weighted by Gasteiger charge is 2.29. The summed E-state index contributed by atoms with van der Waals surface area (Å²) in [7, 11) is 3.11. The minimum atomic E-state index is -0.519. The predicted octanol–water partition coefficient (Wildman–Crippen LogP) is 2.14. The fourth-order valence-corrected chi connectivity index (χ4v) is 3.81. The Balaban J connectivity index is 1.57. The van der Waals surface area contributed by atoms with E-state index in [1.54, 1.807) is 44.6 Å². The summed E-state index contributed by atoms with van der Waals surface area (Å²) < 4.78 is 10.5. The topological polar surface area (TPSA) is 97.1 Å². The van der Waals surface area contributed by atoms with E-state index < -0.39 is 11.9 Å². The lowest BCUT2D eigenvalue weighted by molar-refractivity contribution is -0.125. The molecule has 0 aromatic heterocycles. The van der Waals surface area contributed by atoms with E-state index in [9.17, 15) is 9.59 Å². The highest BCUT2D eigenvalue weighted by Crippen LogP contribution is 2.29. The molecule has 1 atom stereocenters. The van der Waals surface area contributed by atoms with E-state index in [4.69, 9.17) is 26.8 Å². The van der Waals surface area contributed by atoms with Gasteiger partial charge in [-0.2, -0.15) is 0 Å². The van der Waals surface area contributed by atoms with Crippen LogP contribution in [0.5, 0.6) is 11.5 Å². The first-order chi connectivity index (χ1) is 14.9. The van der Waals surface area contributed by atoms with Crippen LogP contribution in [-0.2, 0) is 9.59 Å². The zero-order valence-electron chi connectivity index (χ0n) is 17.6. The molecule has 1 aliphatic rings. The number of benzene rings is 2. The van der Waals surface area contributed by atoms with Crippen LogP contribution in [0.25, 0.3) is 0 Å². The maximum absolute atomic E-state index is 12.6. The first-order valence-corrected chi connectivity index (χ1v) is 10.3. The minimum Gasteiger partial charge on any atom is -0.497 e. The van der Waals surface area contributed by atoms with Crippen LogP contribution < -0.4 is 20.5 Å². The van der Waals surface area contributed by atoms with Crippen molar-refractivity contribution >= 4 is 29.1 Å². The van der Waals surface area contributed by atoms with Gasteiger partial charge in [0.05, 0.1) is 26.5 Å². The monoisotopic (exact) mass is 446 g/mol. The van der Waals surface area contributed by atoms with Crippen molar-refractivity contribution in [3.63, 3.8) is 0 Å². The number of ether oxygens (including phenoxy) is 2. The number of carbonyl (C=O) groups excluding carboxylic acids is 2. The number of amides is 2. The maximum atomic E-state index is 12.6. The SMILES string of the molecule is COc1ccc(OC)c(NC(=O)CN2CCN([C@@H](C(N)=O)c3ccc(Cl)cc3)CC2)c1. The first-order valence-electron chi connectivity index (χ1n) is 9.94. The van der Waals surface area contributed by atoms with Crippen LogP contribution in [0, 0.1) is 0 Å². The molecule has 0 unspecified atom stereocenters. The second kappa shape index (κ2) is 10.5. The van der Waals surface area contributed by atoms with E-state index in [1.165, 1.54) is 0 Å². The lowest BCUT2D eigenvalue weighted by Crippen LogP contribution is -2.51. The molecule has 0 aliphatic carbocycles. The van der Waals surface area contributed by atoms with Crippen LogP contribution in [0.2, 0.25) is 5.02 Å². The minimum absolute atomic E-state index is 0.149. The normalized spacial score (nSPS) is 15.8. The number of nitrogens with one attached hydrogen (secondary N) is 1. The van der Waals surface area contributed by atoms with Crippen molar-refractivity contribution < 1.29 is 19.1 Å². The van der Waals surface area contributed by atoms with Crippen molar-refractivity contribution in [1.82, 2.24) is 9.80 Å². The molecule has 166 valence electrons. The quantitative estimate of drug-likeness (QED) is 0.644. The molecule has 0 spiro atoms. The van der Waals surface area contributed by atoms with Gasteiger partial charge in [-0.3, -0.25) is 19.4 Å². The van der Waals surface area contributed by atoms with Crippen LogP contribution in [0.15, 0.2) is 42.5 Å². The smallest absolute Gasteiger partial charge is 0.239 e. The molecule has 2 aromatic carbocycles. The second-order valence-electron chi connectivity index (χ2n) is 7.28. The zero-order chi connectivity index (χ0) is 22.4. The molecule has 0 saturated carbocycles. The Bertz CT molecular complexity index is 914. The molecule has 1 aliphatic heterocycles. The number of hydrogen-bond acceptors (Lipinski definition) is 6. The molecule has 3 N–H and O–H groups in total. The number of nitrogens with zero attached hydrogens (tertiary/aromatic N) is 2. The summed E-state index contributed by atoms with van der Waals surface area (Å²) in [6.07, 6.45) is 0. The van der Waals surface area contributed by atoms with Gasteiger partial charge in [0.2, 0.25) is 11.8 Å². The number of carbonyl (C=O) groups is 2. The number of rotatable bonds is 8. The highest BCUT2D eigenvalue weighted by molar-refractivity contribution is 6.30. The number of halogens is 1. The van der Waals surface area contributed by atoms with Gasteiger partial charge in [-0.25, -0.2) is 0 Å². The van der Waals surface area contributed by atoms with Gasteiger partial charge < -0.3 is 20.5 Å². The fourth-order valence-electron chi connectivity index (χ4n) is 3.68. The summed E-state index contributed by atoms with van der Waals surface area (Å²) in [6.45, 7) is 2.74. The van der Waals surface area contributed by atoms with E-state index in [0.717, 1.165) is 5.56 Å². The molecule has 31 heavy (non-hydrogen) atoms. The third-order valence-electron chi connectivity index (χ3n) is 5.28. The van der Waals surface area contributed by atoms with Crippen molar-refractivity contribution in [2.45, 2.75) is 6.04 Å². The van der Waals surface area contributed by atoms with E-state index in [-0.39, 0.29) is 12.5 Å². The van der Waals surface area contributed by atoms with Gasteiger partial charge in [0.15, 0.2) is 0 Å². The van der Waals surface area contributed by atoms with E-state index in [1.807, 2.05) is 21.9 Å². The average molecular weight is 447 g/mol. The van der Waals surface area contributed by atoms with Crippen LogP contribution in [-0.4, -0.2) is 68.6 Å². The molecule has 3 rings (SSSR count). The molecular weight excluding hydrogens is 420 g/mol. The van der Waals surface area contributed by atoms with Crippen LogP contribution in [0.3, 0.4) is 0 Å². The van der Waals surface area contributed by atoms with Crippen LogP contribution in [0.4, 0.5) is 5.69 Å². The maximum Gasteiger partial charge on any atom is 0.239 e. The van der Waals surface area contributed by atoms with Crippen molar-refractivity contribution in [2.75, 3.05) is 52.3 Å². The number of piperazine rings is 1. The summed E-state index contributed by atoms with van der Waals surface area (Å²) in [5, 5.41) is 3.49. The van der Waals surface area contributed by atoms with Gasteiger partial charge in [-0.15, -0.1) is 0 Å². The summed E-state index contributed by atoms with van der Waals surface area (Å²) in [5.74, 6) is 0.637. The lowest BCUT2D eigenvalue weighted by atomic mass is 10.0. The molecule has 2 aromatic rings. The van der Waals surface area contributed by atoms with Gasteiger partial charge in [0.25, 0.3) is 0 Å². The Morgan fingerprint density at radius 2 is 1.74 bits per heavy atom.